The zero-order valence-electron chi connectivity index (χ0n) is 11.2. The van der Waals surface area contributed by atoms with Gasteiger partial charge in [0.25, 0.3) is 0 Å². The fourth-order valence-corrected chi connectivity index (χ4v) is 2.63. The molecular formula is C15H22N2O. The number of hydrogen-bond acceptors (Lipinski definition) is 2. The number of nitrogens with one attached hydrogen (secondary N) is 2. The zero-order chi connectivity index (χ0) is 13.0. The molecule has 0 saturated heterocycles. The third-order valence-electron chi connectivity index (χ3n) is 3.56. The summed E-state index contributed by atoms with van der Waals surface area (Å²) < 4.78 is 0. The van der Waals surface area contributed by atoms with E-state index in [1.807, 2.05) is 13.8 Å². The highest BCUT2D eigenvalue weighted by Gasteiger charge is 2.23. The number of fused-ring (bicyclic) bond motifs is 1. The second-order valence-corrected chi connectivity index (χ2v) is 4.93. The van der Waals surface area contributed by atoms with Gasteiger partial charge in [0.2, 0.25) is 5.91 Å². The molecule has 0 spiro atoms. The maximum Gasteiger partial charge on any atom is 0.236 e. The molecule has 2 N–H and O–H groups in total. The molecule has 1 aliphatic carbocycles. The van der Waals surface area contributed by atoms with Crippen molar-refractivity contribution in [3.05, 3.63) is 35.4 Å². The number of hydrogen-bond donors (Lipinski definition) is 2. The molecular weight excluding hydrogens is 224 g/mol. The summed E-state index contributed by atoms with van der Waals surface area (Å²) in [6.07, 6.45) is 3.46. The lowest BCUT2D eigenvalue weighted by atomic mass is 9.87. The molecule has 0 saturated carbocycles. The Balaban J connectivity index is 2.05. The van der Waals surface area contributed by atoms with Gasteiger partial charge in [-0.3, -0.25) is 10.1 Å². The van der Waals surface area contributed by atoms with E-state index in [1.54, 1.807) is 0 Å². The van der Waals surface area contributed by atoms with E-state index >= 15 is 0 Å². The van der Waals surface area contributed by atoms with Crippen molar-refractivity contribution in [3.63, 3.8) is 0 Å². The molecule has 0 heterocycles. The van der Waals surface area contributed by atoms with Crippen molar-refractivity contribution in [2.45, 2.75) is 45.2 Å². The van der Waals surface area contributed by atoms with Gasteiger partial charge in [-0.1, -0.05) is 24.3 Å². The Labute approximate surface area is 109 Å². The summed E-state index contributed by atoms with van der Waals surface area (Å²) in [7, 11) is 0. The van der Waals surface area contributed by atoms with E-state index in [4.69, 9.17) is 0 Å². The maximum absolute atomic E-state index is 11.8. The van der Waals surface area contributed by atoms with Crippen LogP contribution in [0.15, 0.2) is 24.3 Å². The fourth-order valence-electron chi connectivity index (χ4n) is 2.63. The van der Waals surface area contributed by atoms with Crippen molar-refractivity contribution < 1.29 is 4.79 Å². The molecule has 0 aromatic heterocycles. The first-order valence-corrected chi connectivity index (χ1v) is 6.84. The molecule has 0 unspecified atom stereocenters. The summed E-state index contributed by atoms with van der Waals surface area (Å²) in [5, 5.41) is 6.30. The van der Waals surface area contributed by atoms with Gasteiger partial charge >= 0.3 is 0 Å². The molecule has 1 aromatic carbocycles. The average Bonchev–Trinajstić information content (AvgIpc) is 2.39. The minimum atomic E-state index is -0.138. The lowest BCUT2D eigenvalue weighted by Crippen LogP contribution is -2.44. The first kappa shape index (κ1) is 13.1. The molecule has 0 bridgehead atoms. The van der Waals surface area contributed by atoms with Crippen LogP contribution in [-0.4, -0.2) is 18.5 Å². The van der Waals surface area contributed by atoms with Gasteiger partial charge < -0.3 is 5.32 Å². The number of rotatable bonds is 4. The molecule has 18 heavy (non-hydrogen) atoms. The second kappa shape index (κ2) is 6.01. The number of aryl methyl sites for hydroxylation is 1. The molecule has 1 aromatic rings. The van der Waals surface area contributed by atoms with Crippen LogP contribution in [0.2, 0.25) is 0 Å². The lowest BCUT2D eigenvalue weighted by molar-refractivity contribution is -0.122. The van der Waals surface area contributed by atoms with Gasteiger partial charge in [0.1, 0.15) is 0 Å². The van der Waals surface area contributed by atoms with E-state index in [9.17, 15) is 4.79 Å². The predicted octanol–water partition coefficient (Wildman–Crippen LogP) is 2.18. The van der Waals surface area contributed by atoms with Crippen LogP contribution in [0, 0.1) is 0 Å². The fraction of sp³-hybridized carbons (Fsp3) is 0.533. The smallest absolute Gasteiger partial charge is 0.236 e. The summed E-state index contributed by atoms with van der Waals surface area (Å²) in [4.78, 5) is 11.8. The first-order chi connectivity index (χ1) is 8.72. The third-order valence-corrected chi connectivity index (χ3v) is 3.56. The molecule has 2 atom stereocenters. The van der Waals surface area contributed by atoms with E-state index in [2.05, 4.69) is 34.9 Å². The largest absolute Gasteiger partial charge is 0.355 e. The minimum absolute atomic E-state index is 0.0838. The van der Waals surface area contributed by atoms with Crippen LogP contribution >= 0.6 is 0 Å². The highest BCUT2D eigenvalue weighted by molar-refractivity contribution is 5.81. The van der Waals surface area contributed by atoms with Crippen molar-refractivity contribution in [2.75, 3.05) is 6.54 Å². The monoisotopic (exact) mass is 246 g/mol. The summed E-state index contributed by atoms with van der Waals surface area (Å²) in [6, 6.07) is 8.72. The molecule has 3 heteroatoms. The molecule has 2 rings (SSSR count). The lowest BCUT2D eigenvalue weighted by Gasteiger charge is -2.28. The van der Waals surface area contributed by atoms with Crippen LogP contribution in [0.25, 0.3) is 0 Å². The van der Waals surface area contributed by atoms with Crippen LogP contribution in [-0.2, 0) is 11.2 Å². The van der Waals surface area contributed by atoms with Gasteiger partial charge in [0.05, 0.1) is 6.04 Å². The Morgan fingerprint density at radius 2 is 2.22 bits per heavy atom. The molecule has 98 valence electrons. The Hall–Kier alpha value is -1.35. The van der Waals surface area contributed by atoms with Crippen LogP contribution in [0.4, 0.5) is 0 Å². The SMILES string of the molecule is CCNC(=O)[C@H](C)N[C@H]1CCCc2ccccc21. The van der Waals surface area contributed by atoms with Crippen LogP contribution in [0.3, 0.4) is 0 Å². The van der Waals surface area contributed by atoms with Gasteiger partial charge in [0.15, 0.2) is 0 Å². The number of carbonyl (C=O) groups is 1. The van der Waals surface area contributed by atoms with Crippen molar-refractivity contribution in [1.82, 2.24) is 10.6 Å². The molecule has 0 radical (unpaired) electrons. The second-order valence-electron chi connectivity index (χ2n) is 4.93. The van der Waals surface area contributed by atoms with Crippen molar-refractivity contribution in [2.24, 2.45) is 0 Å². The van der Waals surface area contributed by atoms with E-state index < -0.39 is 0 Å². The maximum atomic E-state index is 11.8. The van der Waals surface area contributed by atoms with Crippen molar-refractivity contribution in [3.8, 4) is 0 Å². The first-order valence-electron chi connectivity index (χ1n) is 6.84. The molecule has 0 aliphatic heterocycles. The number of likely N-dealkylation sites (N-methyl/N-ethyl adjacent to an activating group) is 1. The summed E-state index contributed by atoms with van der Waals surface area (Å²) in [5.74, 6) is 0.0838. The Morgan fingerprint density at radius 3 is 3.00 bits per heavy atom. The van der Waals surface area contributed by atoms with Crippen LogP contribution in [0.5, 0.6) is 0 Å². The Bertz CT molecular complexity index is 417. The van der Waals surface area contributed by atoms with E-state index in [-0.39, 0.29) is 11.9 Å². The number of benzene rings is 1. The Morgan fingerprint density at radius 1 is 1.44 bits per heavy atom. The van der Waals surface area contributed by atoms with Crippen LogP contribution < -0.4 is 10.6 Å². The van der Waals surface area contributed by atoms with Crippen molar-refractivity contribution in [1.29, 1.82) is 0 Å². The Kier molecular flexibility index (Phi) is 4.37. The summed E-state index contributed by atoms with van der Waals surface area (Å²) in [5.41, 5.74) is 2.78. The minimum Gasteiger partial charge on any atom is -0.355 e. The molecule has 0 fully saturated rings. The highest BCUT2D eigenvalue weighted by atomic mass is 16.2. The topological polar surface area (TPSA) is 41.1 Å². The van der Waals surface area contributed by atoms with E-state index in [1.165, 1.54) is 17.5 Å². The van der Waals surface area contributed by atoms with Gasteiger partial charge in [-0.25, -0.2) is 0 Å². The summed E-state index contributed by atoms with van der Waals surface area (Å²) >= 11 is 0. The summed E-state index contributed by atoms with van der Waals surface area (Å²) in [6.45, 7) is 4.56. The van der Waals surface area contributed by atoms with Gasteiger partial charge in [-0.05, 0) is 44.2 Å². The van der Waals surface area contributed by atoms with Crippen molar-refractivity contribution >= 4 is 5.91 Å². The molecule has 1 aliphatic rings. The standard InChI is InChI=1S/C15H22N2O/c1-3-16-15(18)11(2)17-14-10-6-8-12-7-4-5-9-13(12)14/h4-5,7,9,11,14,17H,3,6,8,10H2,1-2H3,(H,16,18)/t11-,14-/m0/s1. The van der Waals surface area contributed by atoms with Gasteiger partial charge in [-0.2, -0.15) is 0 Å². The quantitative estimate of drug-likeness (QED) is 0.855. The predicted molar refractivity (Wildman–Crippen MR) is 73.4 cm³/mol. The molecule has 1 amide bonds. The zero-order valence-corrected chi connectivity index (χ0v) is 11.2. The van der Waals surface area contributed by atoms with E-state index in [0.717, 1.165) is 12.8 Å². The average molecular weight is 246 g/mol. The van der Waals surface area contributed by atoms with Gasteiger partial charge in [0, 0.05) is 12.6 Å². The van der Waals surface area contributed by atoms with E-state index in [0.29, 0.717) is 12.6 Å². The molecule has 3 nitrogen and oxygen atoms in total. The highest BCUT2D eigenvalue weighted by Crippen LogP contribution is 2.29. The normalized spacial score (nSPS) is 20.0. The number of amides is 1. The third kappa shape index (κ3) is 2.91. The van der Waals surface area contributed by atoms with Crippen LogP contribution in [0.1, 0.15) is 43.9 Å². The number of carbonyl (C=O) groups excluding carboxylic acids is 1. The van der Waals surface area contributed by atoms with Gasteiger partial charge in [-0.15, -0.1) is 0 Å².